The highest BCUT2D eigenvalue weighted by Gasteiger charge is 2.29. The van der Waals surface area contributed by atoms with Crippen LogP contribution >= 0.6 is 0 Å². The third-order valence-corrected chi connectivity index (χ3v) is 4.17. The second-order valence-electron chi connectivity index (χ2n) is 6.56. The molecule has 2 rings (SSSR count). The summed E-state index contributed by atoms with van der Waals surface area (Å²) in [5.41, 5.74) is 3.20. The van der Waals surface area contributed by atoms with E-state index in [2.05, 4.69) is 30.0 Å². The van der Waals surface area contributed by atoms with Crippen LogP contribution in [-0.4, -0.2) is 37.9 Å². The molecule has 0 bridgehead atoms. The topological polar surface area (TPSA) is 58.6 Å². The van der Waals surface area contributed by atoms with Crippen LogP contribution in [0.3, 0.4) is 0 Å². The molecule has 26 heavy (non-hydrogen) atoms. The van der Waals surface area contributed by atoms with E-state index in [0.29, 0.717) is 12.5 Å². The normalized spacial score (nSPS) is 14.2. The minimum atomic E-state index is -4.57. The Labute approximate surface area is 150 Å². The Kier molecular flexibility index (Phi) is 6.50. The summed E-state index contributed by atoms with van der Waals surface area (Å²) in [6.07, 6.45) is -4.01. The molecule has 0 unspecified atom stereocenters. The van der Waals surface area contributed by atoms with Gasteiger partial charge in [0, 0.05) is 25.2 Å². The van der Waals surface area contributed by atoms with E-state index >= 15 is 0 Å². The smallest absolute Gasteiger partial charge is 0.422 e. The van der Waals surface area contributed by atoms with Crippen LogP contribution in [0.1, 0.15) is 43.7 Å². The Hall–Kier alpha value is -2.25. The molecule has 1 aliphatic heterocycles. The van der Waals surface area contributed by atoms with Crippen LogP contribution in [0.15, 0.2) is 18.2 Å². The maximum atomic E-state index is 12.4. The molecule has 0 aliphatic carbocycles. The fourth-order valence-electron chi connectivity index (χ4n) is 2.84. The number of nitrogens with one attached hydrogen (secondary N) is 1. The lowest BCUT2D eigenvalue weighted by Crippen LogP contribution is -2.38. The van der Waals surface area contributed by atoms with Gasteiger partial charge in [-0.2, -0.15) is 13.2 Å². The number of benzene rings is 1. The number of halogens is 3. The number of hydrogen-bond donors (Lipinski definition) is 1. The summed E-state index contributed by atoms with van der Waals surface area (Å²) < 4.78 is 39.9. The maximum absolute atomic E-state index is 12.4. The molecular weight excluding hydrogens is 349 g/mol. The molecule has 144 valence electrons. The first-order valence-corrected chi connectivity index (χ1v) is 8.58. The molecule has 1 heterocycles. The summed E-state index contributed by atoms with van der Waals surface area (Å²) in [5, 5.41) is 2.16. The second kappa shape index (κ2) is 8.42. The largest absolute Gasteiger partial charge is 0.440 e. The van der Waals surface area contributed by atoms with Gasteiger partial charge < -0.3 is 15.0 Å². The molecule has 0 radical (unpaired) electrons. The summed E-state index contributed by atoms with van der Waals surface area (Å²) >= 11 is 0. The first kappa shape index (κ1) is 20.1. The fourth-order valence-corrected chi connectivity index (χ4v) is 2.84. The number of fused-ring (bicyclic) bond motifs is 1. The van der Waals surface area contributed by atoms with Crippen molar-refractivity contribution in [2.45, 2.75) is 45.2 Å². The average Bonchev–Trinajstić information content (AvgIpc) is 2.58. The Morgan fingerprint density at radius 3 is 2.69 bits per heavy atom. The molecule has 0 fully saturated rings. The van der Waals surface area contributed by atoms with Crippen LogP contribution in [-0.2, 0) is 16.0 Å². The van der Waals surface area contributed by atoms with Crippen molar-refractivity contribution in [2.24, 2.45) is 0 Å². The van der Waals surface area contributed by atoms with E-state index in [9.17, 15) is 22.8 Å². The molecule has 1 aliphatic rings. The molecule has 8 heteroatoms. The van der Waals surface area contributed by atoms with Gasteiger partial charge in [0.15, 0.2) is 6.61 Å². The van der Waals surface area contributed by atoms with E-state index in [4.69, 9.17) is 0 Å². The summed E-state index contributed by atoms with van der Waals surface area (Å²) in [4.78, 5) is 25.3. The Morgan fingerprint density at radius 2 is 2.04 bits per heavy atom. The third-order valence-electron chi connectivity index (χ3n) is 4.17. The molecule has 0 aromatic heterocycles. The lowest BCUT2D eigenvalue weighted by Gasteiger charge is -2.30. The number of nitrogens with zero attached hydrogens (tertiary/aromatic N) is 1. The summed E-state index contributed by atoms with van der Waals surface area (Å²) in [5.74, 6) is 0.220. The number of aryl methyl sites for hydroxylation is 1. The zero-order valence-electron chi connectivity index (χ0n) is 14.9. The molecule has 1 aromatic rings. The number of anilines is 1. The van der Waals surface area contributed by atoms with Gasteiger partial charge in [-0.15, -0.1) is 0 Å². The van der Waals surface area contributed by atoms with E-state index in [1.54, 1.807) is 4.90 Å². The van der Waals surface area contributed by atoms with Gasteiger partial charge in [0.05, 0.1) is 0 Å². The molecule has 0 saturated heterocycles. The van der Waals surface area contributed by atoms with Gasteiger partial charge in [-0.05, 0) is 36.0 Å². The van der Waals surface area contributed by atoms with Crippen molar-refractivity contribution in [3.8, 4) is 0 Å². The molecule has 0 spiro atoms. The van der Waals surface area contributed by atoms with Crippen molar-refractivity contribution in [3.05, 3.63) is 29.3 Å². The SMILES string of the molecule is CC(C)c1ccc2c(c1)CCCN2C(=O)CCNC(=O)OCC(F)(F)F. The molecular formula is C18H23F3N2O3. The van der Waals surface area contributed by atoms with Gasteiger partial charge in [-0.25, -0.2) is 4.79 Å². The fraction of sp³-hybridized carbons (Fsp3) is 0.556. The third kappa shape index (κ3) is 5.64. The quantitative estimate of drug-likeness (QED) is 0.856. The Bertz CT molecular complexity index is 660. The minimum Gasteiger partial charge on any atom is -0.440 e. The highest BCUT2D eigenvalue weighted by molar-refractivity contribution is 5.94. The van der Waals surface area contributed by atoms with Crippen LogP contribution in [0, 0.1) is 0 Å². The van der Waals surface area contributed by atoms with Crippen LogP contribution in [0.2, 0.25) is 0 Å². The van der Waals surface area contributed by atoms with E-state index in [-0.39, 0.29) is 18.9 Å². The zero-order valence-corrected chi connectivity index (χ0v) is 14.9. The van der Waals surface area contributed by atoms with Gasteiger partial charge in [0.1, 0.15) is 0 Å². The highest BCUT2D eigenvalue weighted by Crippen LogP contribution is 2.30. The number of hydrogen-bond acceptors (Lipinski definition) is 3. The van der Waals surface area contributed by atoms with Gasteiger partial charge in [0.25, 0.3) is 0 Å². The number of rotatable bonds is 5. The van der Waals surface area contributed by atoms with Gasteiger partial charge in [0.2, 0.25) is 5.91 Å². The molecule has 0 atom stereocenters. The first-order valence-electron chi connectivity index (χ1n) is 8.58. The maximum Gasteiger partial charge on any atom is 0.422 e. The van der Waals surface area contributed by atoms with Crippen LogP contribution in [0.25, 0.3) is 0 Å². The number of ether oxygens (including phenoxy) is 1. The van der Waals surface area contributed by atoms with Gasteiger partial charge in [-0.3, -0.25) is 4.79 Å². The van der Waals surface area contributed by atoms with Gasteiger partial charge in [-0.1, -0.05) is 26.0 Å². The monoisotopic (exact) mass is 372 g/mol. The van der Waals surface area contributed by atoms with Crippen molar-refractivity contribution in [2.75, 3.05) is 24.6 Å². The lowest BCUT2D eigenvalue weighted by molar-refractivity contribution is -0.160. The van der Waals surface area contributed by atoms with E-state index < -0.39 is 18.9 Å². The van der Waals surface area contributed by atoms with Crippen LogP contribution in [0.5, 0.6) is 0 Å². The van der Waals surface area contributed by atoms with E-state index in [1.807, 2.05) is 12.1 Å². The Morgan fingerprint density at radius 1 is 1.31 bits per heavy atom. The molecule has 1 N–H and O–H groups in total. The predicted octanol–water partition coefficient (Wildman–Crippen LogP) is 3.77. The van der Waals surface area contributed by atoms with E-state index in [0.717, 1.165) is 24.1 Å². The van der Waals surface area contributed by atoms with Crippen molar-refractivity contribution in [3.63, 3.8) is 0 Å². The molecule has 1 aromatic carbocycles. The first-order chi connectivity index (χ1) is 12.2. The zero-order chi connectivity index (χ0) is 19.3. The summed E-state index contributed by atoms with van der Waals surface area (Å²) in [6.45, 7) is 3.08. The molecule has 0 saturated carbocycles. The second-order valence-corrected chi connectivity index (χ2v) is 6.56. The van der Waals surface area contributed by atoms with E-state index in [1.165, 1.54) is 5.56 Å². The minimum absolute atomic E-state index is 0.00745. The number of carbonyl (C=O) groups is 2. The van der Waals surface area contributed by atoms with Gasteiger partial charge >= 0.3 is 12.3 Å². The van der Waals surface area contributed by atoms with Crippen molar-refractivity contribution < 1.29 is 27.5 Å². The predicted molar refractivity (Wildman–Crippen MR) is 91.2 cm³/mol. The Balaban J connectivity index is 1.88. The summed E-state index contributed by atoms with van der Waals surface area (Å²) in [6, 6.07) is 6.06. The molecule has 2 amide bonds. The van der Waals surface area contributed by atoms with Crippen LogP contribution in [0.4, 0.5) is 23.7 Å². The number of alkyl carbamates (subject to hydrolysis) is 1. The van der Waals surface area contributed by atoms with Crippen molar-refractivity contribution in [1.82, 2.24) is 5.32 Å². The van der Waals surface area contributed by atoms with Crippen molar-refractivity contribution in [1.29, 1.82) is 0 Å². The number of alkyl halides is 3. The highest BCUT2D eigenvalue weighted by atomic mass is 19.4. The molecule has 5 nitrogen and oxygen atoms in total. The average molecular weight is 372 g/mol. The standard InChI is InChI=1S/C18H23F3N2O3/c1-12(2)13-5-6-15-14(10-13)4-3-9-23(15)16(24)7-8-22-17(25)26-11-18(19,20)21/h5-6,10,12H,3-4,7-9,11H2,1-2H3,(H,22,25). The number of amides is 2. The van der Waals surface area contributed by atoms with Crippen molar-refractivity contribution >= 4 is 17.7 Å². The lowest BCUT2D eigenvalue weighted by atomic mass is 9.94. The van der Waals surface area contributed by atoms with Crippen LogP contribution < -0.4 is 10.2 Å². The number of carbonyl (C=O) groups excluding carboxylic acids is 2. The summed E-state index contributed by atoms with van der Waals surface area (Å²) in [7, 11) is 0.